The summed E-state index contributed by atoms with van der Waals surface area (Å²) in [6.07, 6.45) is 5.78. The van der Waals surface area contributed by atoms with Gasteiger partial charge in [0.25, 0.3) is 0 Å². The minimum atomic E-state index is 0.288. The maximum absolute atomic E-state index is 8.69. The normalized spacial score (nSPS) is 24.9. The number of piperidine rings is 1. The van der Waals surface area contributed by atoms with E-state index in [1.54, 1.807) is 0 Å². The third kappa shape index (κ3) is 4.35. The number of hydrogen-bond acceptors (Lipinski definition) is 4. The molecule has 1 aliphatic heterocycles. The van der Waals surface area contributed by atoms with Crippen LogP contribution in [0.4, 0.5) is 0 Å². The lowest BCUT2D eigenvalue weighted by molar-refractivity contribution is 0.162. The first-order valence-corrected chi connectivity index (χ1v) is 7.36. The zero-order chi connectivity index (χ0) is 13.9. The third-order valence-electron chi connectivity index (χ3n) is 4.66. The van der Waals surface area contributed by atoms with E-state index in [1.165, 1.54) is 45.3 Å². The van der Waals surface area contributed by atoms with Gasteiger partial charge >= 0.3 is 0 Å². The van der Waals surface area contributed by atoms with Crippen LogP contribution in [0.3, 0.4) is 0 Å². The molecule has 1 saturated carbocycles. The molecule has 0 radical (unpaired) electrons. The summed E-state index contributed by atoms with van der Waals surface area (Å²) in [4.78, 5) is 4.87. The minimum Gasteiger partial charge on any atom is -0.409 e. The summed E-state index contributed by atoms with van der Waals surface area (Å²) in [7, 11) is 4.42. The van der Waals surface area contributed by atoms with E-state index in [9.17, 15) is 0 Å². The molecule has 0 aromatic heterocycles. The predicted octanol–water partition coefficient (Wildman–Crippen LogP) is 1.18. The van der Waals surface area contributed by atoms with Crippen LogP contribution in [0, 0.1) is 11.3 Å². The van der Waals surface area contributed by atoms with Crippen LogP contribution in [0.1, 0.15) is 32.1 Å². The van der Waals surface area contributed by atoms with Crippen molar-refractivity contribution < 1.29 is 5.21 Å². The first-order valence-electron chi connectivity index (χ1n) is 7.36. The van der Waals surface area contributed by atoms with Crippen molar-refractivity contribution in [3.8, 4) is 0 Å². The van der Waals surface area contributed by atoms with E-state index in [0.29, 0.717) is 5.84 Å². The van der Waals surface area contributed by atoms with Gasteiger partial charge < -0.3 is 20.7 Å². The van der Waals surface area contributed by atoms with Crippen molar-refractivity contribution in [1.29, 1.82) is 0 Å². The molecule has 0 amide bonds. The van der Waals surface area contributed by atoms with E-state index in [4.69, 9.17) is 10.9 Å². The molecule has 5 nitrogen and oxygen atoms in total. The Morgan fingerprint density at radius 2 is 2.05 bits per heavy atom. The van der Waals surface area contributed by atoms with Gasteiger partial charge in [0.15, 0.2) is 0 Å². The molecule has 1 heterocycles. The third-order valence-corrected chi connectivity index (χ3v) is 4.66. The average molecular weight is 268 g/mol. The molecule has 2 rings (SSSR count). The van der Waals surface area contributed by atoms with E-state index in [-0.39, 0.29) is 5.41 Å². The zero-order valence-electron chi connectivity index (χ0n) is 12.3. The minimum absolute atomic E-state index is 0.288. The summed E-state index contributed by atoms with van der Waals surface area (Å²) in [5.41, 5.74) is 5.94. The number of nitrogens with zero attached hydrogens (tertiary/aromatic N) is 3. The summed E-state index contributed by atoms with van der Waals surface area (Å²) in [5, 5.41) is 11.8. The van der Waals surface area contributed by atoms with Crippen LogP contribution < -0.4 is 5.73 Å². The number of rotatable bonds is 6. The molecular formula is C14H28N4O. The largest absolute Gasteiger partial charge is 0.409 e. The van der Waals surface area contributed by atoms with E-state index in [1.807, 2.05) is 0 Å². The van der Waals surface area contributed by atoms with Gasteiger partial charge in [-0.2, -0.15) is 0 Å². The lowest BCUT2D eigenvalue weighted by Crippen LogP contribution is -2.38. The van der Waals surface area contributed by atoms with Crippen molar-refractivity contribution in [3.63, 3.8) is 0 Å². The number of oxime groups is 1. The van der Waals surface area contributed by atoms with Gasteiger partial charge in [-0.05, 0) is 64.2 Å². The number of hydrogen-bond donors (Lipinski definition) is 2. The molecule has 0 spiro atoms. The molecule has 0 atom stereocenters. The molecule has 2 fully saturated rings. The predicted molar refractivity (Wildman–Crippen MR) is 77.4 cm³/mol. The van der Waals surface area contributed by atoms with Crippen molar-refractivity contribution in [2.24, 2.45) is 22.2 Å². The summed E-state index contributed by atoms with van der Waals surface area (Å²) < 4.78 is 0. The van der Waals surface area contributed by atoms with Gasteiger partial charge in [0.05, 0.1) is 0 Å². The summed E-state index contributed by atoms with van der Waals surface area (Å²) in [6, 6.07) is 0. The first-order chi connectivity index (χ1) is 9.03. The van der Waals surface area contributed by atoms with Gasteiger partial charge in [-0.3, -0.25) is 0 Å². The maximum atomic E-state index is 8.69. The van der Waals surface area contributed by atoms with Crippen molar-refractivity contribution >= 4 is 5.84 Å². The molecule has 0 aromatic rings. The highest BCUT2D eigenvalue weighted by molar-refractivity contribution is 5.80. The summed E-state index contributed by atoms with van der Waals surface area (Å²) >= 11 is 0. The Balaban J connectivity index is 1.73. The van der Waals surface area contributed by atoms with Crippen molar-refractivity contribution in [1.82, 2.24) is 9.80 Å². The molecule has 1 aliphatic carbocycles. The second-order valence-electron chi connectivity index (χ2n) is 6.71. The van der Waals surface area contributed by atoms with E-state index >= 15 is 0 Å². The lowest BCUT2D eigenvalue weighted by Gasteiger charge is -2.33. The van der Waals surface area contributed by atoms with E-state index < -0.39 is 0 Å². The molecule has 0 aromatic carbocycles. The van der Waals surface area contributed by atoms with Gasteiger partial charge in [-0.1, -0.05) is 5.16 Å². The van der Waals surface area contributed by atoms with Gasteiger partial charge in [0.1, 0.15) is 5.84 Å². The smallest absolute Gasteiger partial charge is 0.139 e. The van der Waals surface area contributed by atoms with Crippen molar-refractivity contribution in [2.45, 2.75) is 32.1 Å². The van der Waals surface area contributed by atoms with Crippen LogP contribution in [-0.4, -0.2) is 61.1 Å². The molecule has 19 heavy (non-hydrogen) atoms. The summed E-state index contributed by atoms with van der Waals surface area (Å²) in [6.45, 7) is 4.73. The number of amidine groups is 1. The highest BCUT2D eigenvalue weighted by atomic mass is 16.4. The van der Waals surface area contributed by atoms with E-state index in [0.717, 1.165) is 18.9 Å². The van der Waals surface area contributed by atoms with Crippen LogP contribution in [0.2, 0.25) is 0 Å². The highest BCUT2D eigenvalue weighted by Crippen LogP contribution is 2.49. The quantitative estimate of drug-likeness (QED) is 0.328. The highest BCUT2D eigenvalue weighted by Gasteiger charge is 2.44. The Kier molecular flexibility index (Phi) is 4.68. The molecule has 1 saturated heterocycles. The maximum Gasteiger partial charge on any atom is 0.139 e. The molecule has 110 valence electrons. The number of likely N-dealkylation sites (tertiary alicyclic amines) is 1. The summed E-state index contributed by atoms with van der Waals surface area (Å²) in [5.74, 6) is 1.21. The van der Waals surface area contributed by atoms with E-state index in [2.05, 4.69) is 29.1 Å². The second-order valence-corrected chi connectivity index (χ2v) is 6.71. The zero-order valence-corrected chi connectivity index (χ0v) is 12.3. The fourth-order valence-electron chi connectivity index (χ4n) is 3.31. The number of nitrogens with two attached hydrogens (primary N) is 1. The topological polar surface area (TPSA) is 65.1 Å². The first kappa shape index (κ1) is 14.6. The monoisotopic (exact) mass is 268 g/mol. The molecule has 5 heteroatoms. The van der Waals surface area contributed by atoms with Gasteiger partial charge in [0, 0.05) is 19.5 Å². The SMILES string of the molecule is CN1CCC(CN(C)CC2(CC(N)=NO)CC2)CC1. The fraction of sp³-hybridized carbons (Fsp3) is 0.929. The Labute approximate surface area is 116 Å². The fourth-order valence-corrected chi connectivity index (χ4v) is 3.31. The van der Waals surface area contributed by atoms with Gasteiger partial charge in [0.2, 0.25) is 0 Å². The molecule has 3 N–H and O–H groups in total. The average Bonchev–Trinajstić information content (AvgIpc) is 3.11. The Bertz CT molecular complexity index is 319. The van der Waals surface area contributed by atoms with Crippen LogP contribution in [-0.2, 0) is 0 Å². The molecule has 0 bridgehead atoms. The standard InChI is InChI=1S/C14H28N4O/c1-17-7-3-12(4-8-17)10-18(2)11-14(5-6-14)9-13(15)16-19/h12,19H,3-11H2,1-2H3,(H2,15,16). The second kappa shape index (κ2) is 6.09. The Morgan fingerprint density at radius 1 is 1.42 bits per heavy atom. The van der Waals surface area contributed by atoms with Crippen LogP contribution in [0.15, 0.2) is 5.16 Å². The molecular weight excluding hydrogens is 240 g/mol. The molecule has 2 aliphatic rings. The Hall–Kier alpha value is -0.810. The van der Waals surface area contributed by atoms with Gasteiger partial charge in [-0.15, -0.1) is 0 Å². The van der Waals surface area contributed by atoms with Crippen molar-refractivity contribution in [3.05, 3.63) is 0 Å². The van der Waals surface area contributed by atoms with Crippen LogP contribution >= 0.6 is 0 Å². The van der Waals surface area contributed by atoms with Gasteiger partial charge in [-0.25, -0.2) is 0 Å². The van der Waals surface area contributed by atoms with Crippen LogP contribution in [0.25, 0.3) is 0 Å². The molecule has 0 unspecified atom stereocenters. The lowest BCUT2D eigenvalue weighted by atomic mass is 9.95. The van der Waals surface area contributed by atoms with Crippen LogP contribution in [0.5, 0.6) is 0 Å². The Morgan fingerprint density at radius 3 is 2.58 bits per heavy atom. The van der Waals surface area contributed by atoms with Crippen molar-refractivity contribution in [2.75, 3.05) is 40.3 Å².